The molecule has 1 unspecified atom stereocenters. The Balaban J connectivity index is 1.95. The van der Waals surface area contributed by atoms with Gasteiger partial charge in [-0.2, -0.15) is 0 Å². The first-order valence-electron chi connectivity index (χ1n) is 7.64. The van der Waals surface area contributed by atoms with Gasteiger partial charge in [0, 0.05) is 24.6 Å². The molecule has 3 aliphatic rings. The van der Waals surface area contributed by atoms with E-state index in [2.05, 4.69) is 30.2 Å². The third-order valence-corrected chi connectivity index (χ3v) is 5.20. The summed E-state index contributed by atoms with van der Waals surface area (Å²) in [7, 11) is 3.89. The predicted octanol–water partition coefficient (Wildman–Crippen LogP) is 1.82. The van der Waals surface area contributed by atoms with Crippen LogP contribution >= 0.6 is 0 Å². The van der Waals surface area contributed by atoms with Crippen LogP contribution in [0.25, 0.3) is 0 Å². The van der Waals surface area contributed by atoms with Gasteiger partial charge in [-0.15, -0.1) is 0 Å². The number of hydrogen-bond donors (Lipinski definition) is 1. The topological polar surface area (TPSA) is 47.7 Å². The quantitative estimate of drug-likeness (QED) is 0.800. The summed E-state index contributed by atoms with van der Waals surface area (Å²) >= 11 is 0. The number of ether oxygens (including phenoxy) is 2. The molecule has 0 saturated carbocycles. The molecule has 1 aromatic rings. The Morgan fingerprint density at radius 2 is 2.29 bits per heavy atom. The fourth-order valence-corrected chi connectivity index (χ4v) is 4.12. The Labute approximate surface area is 125 Å². The predicted molar refractivity (Wildman–Crippen MR) is 81.8 cm³/mol. The van der Waals surface area contributed by atoms with Gasteiger partial charge < -0.3 is 20.1 Å². The zero-order valence-electron chi connectivity index (χ0n) is 12.6. The molecule has 1 aromatic carbocycles. The van der Waals surface area contributed by atoms with E-state index in [-0.39, 0.29) is 17.6 Å². The summed E-state index contributed by atoms with van der Waals surface area (Å²) < 4.78 is 11.9. The van der Waals surface area contributed by atoms with E-state index in [0.717, 1.165) is 37.4 Å². The second-order valence-corrected chi connectivity index (χ2v) is 6.52. The highest BCUT2D eigenvalue weighted by Gasteiger charge is 2.52. The fraction of sp³-hybridized carbons (Fsp3) is 0.529. The first kappa shape index (κ1) is 13.2. The summed E-state index contributed by atoms with van der Waals surface area (Å²) in [5.74, 6) is 1.78. The molecule has 0 radical (unpaired) electrons. The lowest BCUT2D eigenvalue weighted by atomic mass is 9.69. The van der Waals surface area contributed by atoms with Crippen LogP contribution in [0.2, 0.25) is 0 Å². The number of nitrogens with two attached hydrogens (primary N) is 1. The minimum atomic E-state index is -0.0279. The van der Waals surface area contributed by atoms with Crippen molar-refractivity contribution >= 4 is 0 Å². The van der Waals surface area contributed by atoms with Crippen LogP contribution in [-0.2, 0) is 12.0 Å². The fourth-order valence-electron chi connectivity index (χ4n) is 4.12. The van der Waals surface area contributed by atoms with Gasteiger partial charge in [0.2, 0.25) is 0 Å². The molecule has 4 rings (SSSR count). The van der Waals surface area contributed by atoms with Crippen molar-refractivity contribution < 1.29 is 9.47 Å². The Morgan fingerprint density at radius 1 is 1.43 bits per heavy atom. The molecule has 2 N–H and O–H groups in total. The molecular weight excluding hydrogens is 264 g/mol. The Kier molecular flexibility index (Phi) is 2.81. The molecule has 4 heteroatoms. The van der Waals surface area contributed by atoms with E-state index in [0.29, 0.717) is 0 Å². The Hall–Kier alpha value is -1.52. The average molecular weight is 286 g/mol. The average Bonchev–Trinajstić information content (AvgIpc) is 2.72. The first-order valence-corrected chi connectivity index (χ1v) is 7.64. The zero-order valence-corrected chi connectivity index (χ0v) is 12.6. The highest BCUT2D eigenvalue weighted by atomic mass is 16.5. The molecule has 0 fully saturated rings. The molecule has 21 heavy (non-hydrogen) atoms. The van der Waals surface area contributed by atoms with Gasteiger partial charge in [-0.3, -0.25) is 0 Å². The van der Waals surface area contributed by atoms with Crippen LogP contribution in [0.4, 0.5) is 0 Å². The number of nitrogens with zero attached hydrogens (tertiary/aromatic N) is 1. The van der Waals surface area contributed by atoms with Crippen molar-refractivity contribution in [3.05, 3.63) is 35.4 Å². The minimum absolute atomic E-state index is 0.0279. The molecule has 4 nitrogen and oxygen atoms in total. The summed E-state index contributed by atoms with van der Waals surface area (Å²) in [5.41, 5.74) is 8.78. The summed E-state index contributed by atoms with van der Waals surface area (Å²) in [6, 6.07) is 4.31. The second-order valence-electron chi connectivity index (χ2n) is 6.52. The van der Waals surface area contributed by atoms with Gasteiger partial charge in [0.25, 0.3) is 0 Å². The third-order valence-electron chi connectivity index (χ3n) is 5.20. The van der Waals surface area contributed by atoms with E-state index < -0.39 is 0 Å². The van der Waals surface area contributed by atoms with Crippen LogP contribution in [0, 0.1) is 0 Å². The SMILES string of the molecule is COc1ccc2c3c1O[C@@H]1C[C@@H](N)C=CC31CCN(C)C2. The van der Waals surface area contributed by atoms with Crippen LogP contribution in [-0.4, -0.2) is 37.7 Å². The Morgan fingerprint density at radius 3 is 3.10 bits per heavy atom. The maximum Gasteiger partial charge on any atom is 0.166 e. The molecule has 112 valence electrons. The minimum Gasteiger partial charge on any atom is -0.493 e. The van der Waals surface area contributed by atoms with Gasteiger partial charge in [0.15, 0.2) is 11.5 Å². The van der Waals surface area contributed by atoms with E-state index >= 15 is 0 Å². The summed E-state index contributed by atoms with van der Waals surface area (Å²) in [6.45, 7) is 2.03. The standard InChI is InChI=1S/C17H22N2O2/c1-19-8-7-17-6-5-12(18)9-14(17)21-16-13(20-2)4-3-11(10-19)15(16)17/h3-6,12,14H,7-10,18H2,1-2H3/t12-,14+,17?/m0/s1. The summed E-state index contributed by atoms with van der Waals surface area (Å²) in [5, 5.41) is 0. The highest BCUT2D eigenvalue weighted by Crippen LogP contribution is 2.55. The molecule has 3 atom stereocenters. The third kappa shape index (κ3) is 1.75. The van der Waals surface area contributed by atoms with Crippen LogP contribution in [0.15, 0.2) is 24.3 Å². The lowest BCUT2D eigenvalue weighted by molar-refractivity contribution is 0.134. The monoisotopic (exact) mass is 286 g/mol. The first-order chi connectivity index (χ1) is 10.1. The molecule has 2 aliphatic heterocycles. The number of methoxy groups -OCH3 is 1. The normalized spacial score (nSPS) is 33.9. The lowest BCUT2D eigenvalue weighted by Crippen LogP contribution is -2.44. The zero-order chi connectivity index (χ0) is 14.6. The molecule has 1 aliphatic carbocycles. The molecule has 2 heterocycles. The van der Waals surface area contributed by atoms with Gasteiger partial charge in [-0.05, 0) is 31.6 Å². The molecule has 0 saturated heterocycles. The Bertz CT molecular complexity index is 613. The van der Waals surface area contributed by atoms with Crippen molar-refractivity contribution in [3.8, 4) is 11.5 Å². The van der Waals surface area contributed by atoms with E-state index in [1.54, 1.807) is 7.11 Å². The van der Waals surface area contributed by atoms with Gasteiger partial charge in [-0.1, -0.05) is 18.2 Å². The van der Waals surface area contributed by atoms with E-state index in [4.69, 9.17) is 15.2 Å². The van der Waals surface area contributed by atoms with Crippen molar-refractivity contribution in [1.82, 2.24) is 4.90 Å². The van der Waals surface area contributed by atoms with E-state index in [9.17, 15) is 0 Å². The smallest absolute Gasteiger partial charge is 0.166 e. The lowest BCUT2D eigenvalue weighted by Gasteiger charge is -2.36. The number of rotatable bonds is 1. The maximum absolute atomic E-state index is 6.33. The number of hydrogen-bond acceptors (Lipinski definition) is 4. The van der Waals surface area contributed by atoms with Crippen molar-refractivity contribution in [2.24, 2.45) is 5.73 Å². The maximum atomic E-state index is 6.33. The highest BCUT2D eigenvalue weighted by molar-refractivity contribution is 5.61. The molecule has 0 amide bonds. The van der Waals surface area contributed by atoms with Crippen LogP contribution in [0.1, 0.15) is 24.0 Å². The largest absolute Gasteiger partial charge is 0.493 e. The van der Waals surface area contributed by atoms with Gasteiger partial charge >= 0.3 is 0 Å². The summed E-state index contributed by atoms with van der Waals surface area (Å²) in [4.78, 5) is 2.38. The van der Waals surface area contributed by atoms with Crippen molar-refractivity contribution in [3.63, 3.8) is 0 Å². The van der Waals surface area contributed by atoms with E-state index in [1.807, 2.05) is 6.07 Å². The second kappa shape index (κ2) is 4.49. The van der Waals surface area contributed by atoms with Crippen LogP contribution < -0.4 is 15.2 Å². The van der Waals surface area contributed by atoms with Crippen molar-refractivity contribution in [2.75, 3.05) is 20.7 Å². The van der Waals surface area contributed by atoms with E-state index in [1.165, 1.54) is 11.1 Å². The number of benzene rings is 1. The summed E-state index contributed by atoms with van der Waals surface area (Å²) in [6.07, 6.45) is 6.54. The molecule has 0 aromatic heterocycles. The molecule has 0 bridgehead atoms. The van der Waals surface area contributed by atoms with Gasteiger partial charge in [-0.25, -0.2) is 0 Å². The van der Waals surface area contributed by atoms with Gasteiger partial charge in [0.05, 0.1) is 12.5 Å². The van der Waals surface area contributed by atoms with Crippen LogP contribution in [0.3, 0.4) is 0 Å². The molecule has 1 spiro atoms. The van der Waals surface area contributed by atoms with Crippen molar-refractivity contribution in [1.29, 1.82) is 0 Å². The van der Waals surface area contributed by atoms with Gasteiger partial charge in [0.1, 0.15) is 6.10 Å². The molecular formula is C17H22N2O2. The van der Waals surface area contributed by atoms with Crippen molar-refractivity contribution in [2.45, 2.75) is 36.9 Å². The van der Waals surface area contributed by atoms with Crippen LogP contribution in [0.5, 0.6) is 11.5 Å².